The van der Waals surface area contributed by atoms with Crippen LogP contribution < -0.4 is 5.32 Å². The molecule has 5 heteroatoms. The molecule has 0 spiro atoms. The molecule has 2 aromatic rings. The molecular formula is C15H12FNO3. The lowest BCUT2D eigenvalue weighted by Gasteiger charge is -2.07. The molecule has 0 aliphatic heterocycles. The molecule has 0 unspecified atom stereocenters. The van der Waals surface area contributed by atoms with E-state index in [0.29, 0.717) is 0 Å². The first-order chi connectivity index (χ1) is 9.47. The molecule has 0 atom stereocenters. The normalized spacial score (nSPS) is 10.1. The van der Waals surface area contributed by atoms with Crippen LogP contribution in [0, 0.1) is 12.7 Å². The van der Waals surface area contributed by atoms with Gasteiger partial charge in [0.2, 0.25) is 0 Å². The first kappa shape index (κ1) is 13.7. The molecule has 0 saturated heterocycles. The average molecular weight is 273 g/mol. The van der Waals surface area contributed by atoms with E-state index in [9.17, 15) is 14.0 Å². The third-order valence-corrected chi connectivity index (χ3v) is 2.77. The first-order valence-electron chi connectivity index (χ1n) is 5.88. The van der Waals surface area contributed by atoms with Crippen molar-refractivity contribution in [2.45, 2.75) is 6.92 Å². The van der Waals surface area contributed by atoms with Crippen molar-refractivity contribution in [3.05, 3.63) is 65.0 Å². The minimum Gasteiger partial charge on any atom is -0.478 e. The Balaban J connectivity index is 2.17. The van der Waals surface area contributed by atoms with Crippen molar-refractivity contribution in [1.29, 1.82) is 0 Å². The maximum atomic E-state index is 13.6. The summed E-state index contributed by atoms with van der Waals surface area (Å²) in [4.78, 5) is 22.6. The first-order valence-corrected chi connectivity index (χ1v) is 5.88. The molecule has 2 N–H and O–H groups in total. The van der Waals surface area contributed by atoms with E-state index in [2.05, 4.69) is 5.32 Å². The van der Waals surface area contributed by atoms with Crippen LogP contribution in [-0.2, 0) is 0 Å². The number of carboxylic acids is 1. The Labute approximate surface area is 114 Å². The van der Waals surface area contributed by atoms with Gasteiger partial charge in [-0.2, -0.15) is 0 Å². The monoisotopic (exact) mass is 273 g/mol. The molecule has 2 rings (SSSR count). The van der Waals surface area contributed by atoms with Gasteiger partial charge in [-0.05, 0) is 48.9 Å². The maximum absolute atomic E-state index is 13.6. The van der Waals surface area contributed by atoms with Crippen molar-refractivity contribution in [3.63, 3.8) is 0 Å². The number of benzene rings is 2. The molecule has 0 bridgehead atoms. The lowest BCUT2D eigenvalue weighted by Crippen LogP contribution is -2.13. The van der Waals surface area contributed by atoms with Crippen LogP contribution in [-0.4, -0.2) is 17.0 Å². The number of rotatable bonds is 3. The second kappa shape index (κ2) is 5.52. The van der Waals surface area contributed by atoms with Gasteiger partial charge in [0.25, 0.3) is 5.91 Å². The molecule has 4 nitrogen and oxygen atoms in total. The quantitative estimate of drug-likeness (QED) is 0.903. The number of hydrogen-bond acceptors (Lipinski definition) is 2. The third kappa shape index (κ3) is 3.00. The number of anilines is 1. The Morgan fingerprint density at radius 1 is 1.05 bits per heavy atom. The van der Waals surface area contributed by atoms with Gasteiger partial charge in [0.05, 0.1) is 11.3 Å². The molecule has 0 fully saturated rings. The molecular weight excluding hydrogens is 261 g/mol. The maximum Gasteiger partial charge on any atom is 0.335 e. The van der Waals surface area contributed by atoms with Crippen molar-refractivity contribution >= 4 is 17.6 Å². The summed E-state index contributed by atoms with van der Waals surface area (Å²) in [6.07, 6.45) is 0. The van der Waals surface area contributed by atoms with Crippen LogP contribution in [0.4, 0.5) is 10.1 Å². The van der Waals surface area contributed by atoms with E-state index in [1.807, 2.05) is 0 Å². The SMILES string of the molecule is Cc1ccc(NC(=O)c2ccc(C(=O)O)cc2)c(F)c1. The summed E-state index contributed by atoms with van der Waals surface area (Å²) in [6.45, 7) is 1.75. The fourth-order valence-corrected chi connectivity index (χ4v) is 1.68. The van der Waals surface area contributed by atoms with Gasteiger partial charge in [0, 0.05) is 5.56 Å². The highest BCUT2D eigenvalue weighted by Gasteiger charge is 2.10. The number of aromatic carboxylic acids is 1. The van der Waals surface area contributed by atoms with Gasteiger partial charge in [0.1, 0.15) is 5.82 Å². The largest absolute Gasteiger partial charge is 0.478 e. The van der Waals surface area contributed by atoms with Crippen molar-refractivity contribution in [1.82, 2.24) is 0 Å². The highest BCUT2D eigenvalue weighted by atomic mass is 19.1. The molecule has 0 radical (unpaired) electrons. The van der Waals surface area contributed by atoms with Crippen LogP contribution in [0.2, 0.25) is 0 Å². The topological polar surface area (TPSA) is 66.4 Å². The number of halogens is 1. The van der Waals surface area contributed by atoms with Gasteiger partial charge in [-0.3, -0.25) is 4.79 Å². The summed E-state index contributed by atoms with van der Waals surface area (Å²) in [5.41, 5.74) is 1.19. The van der Waals surface area contributed by atoms with Gasteiger partial charge in [-0.1, -0.05) is 6.07 Å². The van der Waals surface area contributed by atoms with Crippen molar-refractivity contribution in [2.75, 3.05) is 5.32 Å². The molecule has 0 heterocycles. The number of nitrogens with one attached hydrogen (secondary N) is 1. The van der Waals surface area contributed by atoms with Crippen molar-refractivity contribution in [3.8, 4) is 0 Å². The van der Waals surface area contributed by atoms with Crippen LogP contribution in [0.3, 0.4) is 0 Å². The van der Waals surface area contributed by atoms with Gasteiger partial charge in [0.15, 0.2) is 0 Å². The van der Waals surface area contributed by atoms with Crippen LogP contribution in [0.25, 0.3) is 0 Å². The lowest BCUT2D eigenvalue weighted by molar-refractivity contribution is 0.0696. The molecule has 102 valence electrons. The van der Waals surface area contributed by atoms with Crippen LogP contribution in [0.1, 0.15) is 26.3 Å². The Kier molecular flexibility index (Phi) is 3.79. The number of carbonyl (C=O) groups excluding carboxylic acids is 1. The van der Waals surface area contributed by atoms with E-state index < -0.39 is 17.7 Å². The average Bonchev–Trinajstić information content (AvgIpc) is 2.42. The van der Waals surface area contributed by atoms with Crippen LogP contribution in [0.15, 0.2) is 42.5 Å². The predicted octanol–water partition coefficient (Wildman–Crippen LogP) is 3.08. The number of carbonyl (C=O) groups is 2. The van der Waals surface area contributed by atoms with E-state index in [0.717, 1.165) is 5.56 Å². The summed E-state index contributed by atoms with van der Waals surface area (Å²) in [5.74, 6) is -2.08. The highest BCUT2D eigenvalue weighted by Crippen LogP contribution is 2.16. The minimum absolute atomic E-state index is 0.0860. The van der Waals surface area contributed by atoms with Crippen molar-refractivity contribution in [2.24, 2.45) is 0 Å². The van der Waals surface area contributed by atoms with Crippen LogP contribution >= 0.6 is 0 Å². The molecule has 0 saturated carbocycles. The molecule has 1 amide bonds. The van der Waals surface area contributed by atoms with Gasteiger partial charge in [-0.15, -0.1) is 0 Å². The summed E-state index contributed by atoms with van der Waals surface area (Å²) >= 11 is 0. The second-order valence-corrected chi connectivity index (χ2v) is 4.32. The van der Waals surface area contributed by atoms with E-state index >= 15 is 0 Å². The van der Waals surface area contributed by atoms with Gasteiger partial charge >= 0.3 is 5.97 Å². The predicted molar refractivity (Wildman–Crippen MR) is 72.5 cm³/mol. The Morgan fingerprint density at radius 2 is 1.65 bits per heavy atom. The zero-order chi connectivity index (χ0) is 14.7. The molecule has 2 aromatic carbocycles. The lowest BCUT2D eigenvalue weighted by atomic mass is 10.1. The third-order valence-electron chi connectivity index (χ3n) is 2.77. The van der Waals surface area contributed by atoms with Crippen LogP contribution in [0.5, 0.6) is 0 Å². The zero-order valence-corrected chi connectivity index (χ0v) is 10.7. The standard InChI is InChI=1S/C15H12FNO3/c1-9-2-7-13(12(16)8-9)17-14(18)10-3-5-11(6-4-10)15(19)20/h2-8H,1H3,(H,17,18)(H,19,20). The highest BCUT2D eigenvalue weighted by molar-refractivity contribution is 6.04. The Bertz CT molecular complexity index is 665. The molecule has 0 aromatic heterocycles. The van der Waals surface area contributed by atoms with Gasteiger partial charge < -0.3 is 10.4 Å². The van der Waals surface area contributed by atoms with E-state index in [1.165, 1.54) is 36.4 Å². The molecule has 0 aliphatic rings. The minimum atomic E-state index is -1.07. The molecule has 20 heavy (non-hydrogen) atoms. The fourth-order valence-electron chi connectivity index (χ4n) is 1.68. The number of hydrogen-bond donors (Lipinski definition) is 2. The summed E-state index contributed by atoms with van der Waals surface area (Å²) in [6, 6.07) is 9.89. The zero-order valence-electron chi connectivity index (χ0n) is 10.7. The smallest absolute Gasteiger partial charge is 0.335 e. The van der Waals surface area contributed by atoms with Gasteiger partial charge in [-0.25, -0.2) is 9.18 Å². The van der Waals surface area contributed by atoms with Crippen molar-refractivity contribution < 1.29 is 19.1 Å². The summed E-state index contributed by atoms with van der Waals surface area (Å²) < 4.78 is 13.6. The number of aryl methyl sites for hydroxylation is 1. The fraction of sp³-hybridized carbons (Fsp3) is 0.0667. The Morgan fingerprint density at radius 3 is 2.20 bits per heavy atom. The molecule has 0 aliphatic carbocycles. The number of amides is 1. The van der Waals surface area contributed by atoms with E-state index in [-0.39, 0.29) is 16.8 Å². The Hall–Kier alpha value is -2.69. The summed E-state index contributed by atoms with van der Waals surface area (Å²) in [7, 11) is 0. The van der Waals surface area contributed by atoms with E-state index in [1.54, 1.807) is 13.0 Å². The second-order valence-electron chi connectivity index (χ2n) is 4.32. The summed E-state index contributed by atoms with van der Waals surface area (Å²) in [5, 5.41) is 11.2. The van der Waals surface area contributed by atoms with E-state index in [4.69, 9.17) is 5.11 Å². The number of carboxylic acid groups (broad SMARTS) is 1.